The molecule has 8 heteroatoms. The number of para-hydroxylation sites is 2. The molecule has 0 amide bonds. The maximum Gasteiger partial charge on any atom is 0.324 e. The van der Waals surface area contributed by atoms with E-state index in [1.807, 2.05) is 75.4 Å². The summed E-state index contributed by atoms with van der Waals surface area (Å²) >= 11 is 0. The molecule has 0 fully saturated rings. The summed E-state index contributed by atoms with van der Waals surface area (Å²) in [5, 5.41) is 0. The molecule has 1 aromatic heterocycles. The third kappa shape index (κ3) is 6.19. The van der Waals surface area contributed by atoms with E-state index >= 15 is 0 Å². The van der Waals surface area contributed by atoms with Gasteiger partial charge in [0.25, 0.3) is 0 Å². The first-order valence-electron chi connectivity index (χ1n) is 12.0. The van der Waals surface area contributed by atoms with Crippen LogP contribution >= 0.6 is 0 Å². The maximum atomic E-state index is 13.1. The third-order valence-electron chi connectivity index (χ3n) is 5.93. The lowest BCUT2D eigenvalue weighted by molar-refractivity contribution is -0.147. The predicted octanol–water partition coefficient (Wildman–Crippen LogP) is 4.83. The molecule has 1 atom stereocenters. The first-order valence-corrected chi connectivity index (χ1v) is 13.4. The number of ether oxygens (including phenoxy) is 1. The molecular formula is C28H31N3O4S. The molecule has 4 rings (SSSR count). The number of benzene rings is 3. The molecular weight excluding hydrogens is 474 g/mol. The number of rotatable bonds is 10. The van der Waals surface area contributed by atoms with Crippen molar-refractivity contribution in [2.75, 3.05) is 0 Å². The van der Waals surface area contributed by atoms with Crippen LogP contribution in [-0.2, 0) is 32.7 Å². The van der Waals surface area contributed by atoms with Crippen LogP contribution in [0.1, 0.15) is 37.2 Å². The van der Waals surface area contributed by atoms with Crippen LogP contribution in [0.5, 0.6) is 0 Å². The van der Waals surface area contributed by atoms with E-state index in [1.165, 1.54) is 0 Å². The van der Waals surface area contributed by atoms with Gasteiger partial charge in [0.15, 0.2) is 0 Å². The lowest BCUT2D eigenvalue weighted by Crippen LogP contribution is -2.42. The Bertz CT molecular complexity index is 1430. The first-order chi connectivity index (χ1) is 17.2. The molecule has 0 bridgehead atoms. The zero-order valence-corrected chi connectivity index (χ0v) is 21.5. The van der Waals surface area contributed by atoms with Crippen molar-refractivity contribution in [1.82, 2.24) is 14.3 Å². The smallest absolute Gasteiger partial charge is 0.324 e. The van der Waals surface area contributed by atoms with Gasteiger partial charge in [-0.3, -0.25) is 4.79 Å². The number of fused-ring (bicyclic) bond motifs is 1. The van der Waals surface area contributed by atoms with Gasteiger partial charge in [-0.15, -0.1) is 0 Å². The predicted molar refractivity (Wildman–Crippen MR) is 140 cm³/mol. The van der Waals surface area contributed by atoms with Gasteiger partial charge in [0.1, 0.15) is 18.5 Å². The van der Waals surface area contributed by atoms with Crippen LogP contribution in [0.15, 0.2) is 83.8 Å². The molecule has 0 spiro atoms. The van der Waals surface area contributed by atoms with E-state index < -0.39 is 22.0 Å². The van der Waals surface area contributed by atoms with E-state index in [2.05, 4.69) is 14.3 Å². The molecule has 0 saturated carbocycles. The highest BCUT2D eigenvalue weighted by molar-refractivity contribution is 7.89. The minimum absolute atomic E-state index is 0.0903. The largest absolute Gasteiger partial charge is 0.460 e. The maximum absolute atomic E-state index is 13.1. The Morgan fingerprint density at radius 2 is 1.61 bits per heavy atom. The van der Waals surface area contributed by atoms with Gasteiger partial charge in [0.05, 0.1) is 15.9 Å². The van der Waals surface area contributed by atoms with Crippen molar-refractivity contribution in [3.05, 3.63) is 95.8 Å². The number of nitrogens with zero attached hydrogens (tertiary/aromatic N) is 2. The summed E-state index contributed by atoms with van der Waals surface area (Å²) in [7, 11) is -3.92. The van der Waals surface area contributed by atoms with E-state index in [0.29, 0.717) is 13.0 Å². The number of esters is 1. The summed E-state index contributed by atoms with van der Waals surface area (Å²) in [5.41, 5.74) is 3.74. The second-order valence-electron chi connectivity index (χ2n) is 9.27. The van der Waals surface area contributed by atoms with Crippen molar-refractivity contribution in [1.29, 1.82) is 0 Å². The normalized spacial score (nSPS) is 12.7. The van der Waals surface area contributed by atoms with Crippen LogP contribution in [0.3, 0.4) is 0 Å². The number of sulfonamides is 1. The molecule has 3 aromatic carbocycles. The zero-order valence-electron chi connectivity index (χ0n) is 20.7. The minimum Gasteiger partial charge on any atom is -0.460 e. The summed E-state index contributed by atoms with van der Waals surface area (Å²) in [6, 6.07) is 22.9. The number of hydrogen-bond donors (Lipinski definition) is 1. The standard InChI is InChI=1S/C28H31N3O4S/c1-20(2)17-26(28(32)35-19-23-9-5-4-6-10-23)30-36(33,34)24-15-13-22(14-16-24)18-31-21(3)29-25-11-7-8-12-27(25)31/h4-16,20,26,30H,17-19H2,1-3H3/t26-/m0/s1. The van der Waals surface area contributed by atoms with Crippen molar-refractivity contribution in [2.45, 2.75) is 51.3 Å². The number of nitrogens with one attached hydrogen (secondary N) is 1. The number of aryl methyl sites for hydroxylation is 1. The van der Waals surface area contributed by atoms with Gasteiger partial charge >= 0.3 is 5.97 Å². The number of hydrogen-bond acceptors (Lipinski definition) is 5. The van der Waals surface area contributed by atoms with Crippen molar-refractivity contribution >= 4 is 27.0 Å². The number of carbonyl (C=O) groups excluding carboxylic acids is 1. The van der Waals surface area contributed by atoms with Crippen LogP contribution in [-0.4, -0.2) is 30.0 Å². The van der Waals surface area contributed by atoms with Gasteiger partial charge in [-0.1, -0.05) is 68.4 Å². The monoisotopic (exact) mass is 505 g/mol. The van der Waals surface area contributed by atoms with Crippen LogP contribution in [0.2, 0.25) is 0 Å². The van der Waals surface area contributed by atoms with Gasteiger partial charge in [-0.05, 0) is 54.7 Å². The Morgan fingerprint density at radius 3 is 2.31 bits per heavy atom. The van der Waals surface area contributed by atoms with Gasteiger partial charge in [-0.25, -0.2) is 13.4 Å². The molecule has 0 aliphatic carbocycles. The zero-order chi connectivity index (χ0) is 25.7. The topological polar surface area (TPSA) is 90.3 Å². The fourth-order valence-electron chi connectivity index (χ4n) is 4.10. The number of imidazole rings is 1. The summed E-state index contributed by atoms with van der Waals surface area (Å²) < 4.78 is 36.3. The van der Waals surface area contributed by atoms with Crippen LogP contribution in [0.4, 0.5) is 0 Å². The molecule has 36 heavy (non-hydrogen) atoms. The number of carbonyl (C=O) groups is 1. The van der Waals surface area contributed by atoms with Gasteiger partial charge in [0, 0.05) is 6.54 Å². The summed E-state index contributed by atoms with van der Waals surface area (Å²) in [6.45, 7) is 6.48. The first kappa shape index (κ1) is 25.6. The van der Waals surface area contributed by atoms with E-state index in [1.54, 1.807) is 24.3 Å². The van der Waals surface area contributed by atoms with E-state index in [-0.39, 0.29) is 17.4 Å². The van der Waals surface area contributed by atoms with Gasteiger partial charge < -0.3 is 9.30 Å². The second-order valence-corrected chi connectivity index (χ2v) is 11.0. The molecule has 1 N–H and O–H groups in total. The highest BCUT2D eigenvalue weighted by atomic mass is 32.2. The van der Waals surface area contributed by atoms with Crippen LogP contribution in [0, 0.1) is 12.8 Å². The molecule has 0 aliphatic rings. The van der Waals surface area contributed by atoms with E-state index in [0.717, 1.165) is 28.0 Å². The highest BCUT2D eigenvalue weighted by Gasteiger charge is 2.28. The summed E-state index contributed by atoms with van der Waals surface area (Å²) in [5.74, 6) is 0.396. The van der Waals surface area contributed by atoms with Gasteiger partial charge in [0.2, 0.25) is 10.0 Å². The summed E-state index contributed by atoms with van der Waals surface area (Å²) in [6.07, 6.45) is 0.331. The summed E-state index contributed by atoms with van der Waals surface area (Å²) in [4.78, 5) is 17.5. The van der Waals surface area contributed by atoms with E-state index in [9.17, 15) is 13.2 Å². The fraction of sp³-hybridized carbons (Fsp3) is 0.286. The average molecular weight is 506 g/mol. The number of aromatic nitrogens is 2. The van der Waals surface area contributed by atoms with Crippen molar-refractivity contribution < 1.29 is 17.9 Å². The fourth-order valence-corrected chi connectivity index (χ4v) is 5.30. The molecule has 188 valence electrons. The lowest BCUT2D eigenvalue weighted by Gasteiger charge is -2.19. The Labute approximate surface area is 212 Å². The Hall–Kier alpha value is -3.49. The Kier molecular flexibility index (Phi) is 7.86. The van der Waals surface area contributed by atoms with Crippen molar-refractivity contribution in [3.8, 4) is 0 Å². The van der Waals surface area contributed by atoms with E-state index in [4.69, 9.17) is 4.74 Å². The highest BCUT2D eigenvalue weighted by Crippen LogP contribution is 2.19. The quantitative estimate of drug-likeness (QED) is 0.312. The molecule has 0 saturated heterocycles. The van der Waals surface area contributed by atoms with Crippen molar-refractivity contribution in [2.24, 2.45) is 5.92 Å². The Balaban J connectivity index is 1.46. The van der Waals surface area contributed by atoms with Gasteiger partial charge in [-0.2, -0.15) is 4.72 Å². The molecule has 1 heterocycles. The van der Waals surface area contributed by atoms with Crippen LogP contribution in [0.25, 0.3) is 11.0 Å². The molecule has 0 radical (unpaired) electrons. The molecule has 4 aromatic rings. The third-order valence-corrected chi connectivity index (χ3v) is 7.42. The molecule has 0 aliphatic heterocycles. The molecule has 7 nitrogen and oxygen atoms in total. The average Bonchev–Trinajstić information content (AvgIpc) is 3.17. The molecule has 0 unspecified atom stereocenters. The van der Waals surface area contributed by atoms with Crippen LogP contribution < -0.4 is 4.72 Å². The Morgan fingerprint density at radius 1 is 0.944 bits per heavy atom. The SMILES string of the molecule is Cc1nc2ccccc2n1Cc1ccc(S(=O)(=O)N[C@@H](CC(C)C)C(=O)OCc2ccccc2)cc1. The lowest BCUT2D eigenvalue weighted by atomic mass is 10.1. The second kappa shape index (κ2) is 11.1. The van der Waals surface area contributed by atoms with Crippen molar-refractivity contribution in [3.63, 3.8) is 0 Å². The minimum atomic E-state index is -3.92.